The van der Waals surface area contributed by atoms with Gasteiger partial charge < -0.3 is 9.80 Å². The number of nitrogens with zero attached hydrogens (tertiary/aromatic N) is 3. The Kier molecular flexibility index (Phi) is 5.29. The molecule has 1 N–H and O–H groups in total. The van der Waals surface area contributed by atoms with E-state index in [9.17, 15) is 27.6 Å². The molecular weight excluding hydrogens is 389 g/mol. The smallest absolute Gasteiger partial charge is 0.360 e. The van der Waals surface area contributed by atoms with E-state index in [4.69, 9.17) is 11.6 Å². The van der Waals surface area contributed by atoms with Gasteiger partial charge in [-0.25, -0.2) is 14.6 Å². The minimum Gasteiger partial charge on any atom is -0.360 e. The van der Waals surface area contributed by atoms with Crippen LogP contribution in [0, 0.1) is 0 Å². The quantitative estimate of drug-likeness (QED) is 0.580. The summed E-state index contributed by atoms with van der Waals surface area (Å²) in [7, 11) is 0. The number of alkyl halides is 3. The highest BCUT2D eigenvalue weighted by atomic mass is 35.5. The molecule has 2 fully saturated rings. The van der Waals surface area contributed by atoms with Gasteiger partial charge in [0.05, 0.1) is 26.2 Å². The molecule has 0 radical (unpaired) electrons. The van der Waals surface area contributed by atoms with Gasteiger partial charge in [0.1, 0.15) is 6.54 Å². The van der Waals surface area contributed by atoms with Gasteiger partial charge in [-0.15, -0.1) is 0 Å². The summed E-state index contributed by atoms with van der Waals surface area (Å²) in [6.45, 7) is 0.443. The zero-order chi connectivity index (χ0) is 19.8. The van der Waals surface area contributed by atoms with Crippen molar-refractivity contribution in [1.29, 1.82) is 0 Å². The molecular formula is C16H17ClF3N4O3+. The van der Waals surface area contributed by atoms with E-state index in [0.29, 0.717) is 36.1 Å². The fourth-order valence-electron chi connectivity index (χ4n) is 3.14. The van der Waals surface area contributed by atoms with Gasteiger partial charge in [-0.1, -0.05) is 17.7 Å². The topological polar surface area (TPSA) is 65.4 Å². The lowest BCUT2D eigenvalue weighted by atomic mass is 10.2. The second kappa shape index (κ2) is 7.35. The number of carbonyl (C=O) groups is 3. The van der Waals surface area contributed by atoms with Gasteiger partial charge in [-0.05, 0) is 18.2 Å². The number of amides is 4. The maximum atomic E-state index is 12.5. The first-order valence-corrected chi connectivity index (χ1v) is 8.61. The molecule has 0 aromatic heterocycles. The molecule has 0 unspecified atom stereocenters. The monoisotopic (exact) mass is 405 g/mol. The predicted molar refractivity (Wildman–Crippen MR) is 89.2 cm³/mol. The summed E-state index contributed by atoms with van der Waals surface area (Å²) in [6.07, 6.45) is -4.75. The van der Waals surface area contributed by atoms with E-state index in [2.05, 4.69) is 4.90 Å². The van der Waals surface area contributed by atoms with Crippen LogP contribution in [0.1, 0.15) is 0 Å². The molecule has 7 nitrogen and oxygen atoms in total. The van der Waals surface area contributed by atoms with E-state index in [1.165, 1.54) is 0 Å². The van der Waals surface area contributed by atoms with Crippen LogP contribution in [0.4, 0.5) is 23.7 Å². The lowest BCUT2D eigenvalue weighted by Gasteiger charge is -2.34. The van der Waals surface area contributed by atoms with Gasteiger partial charge in [-0.3, -0.25) is 9.59 Å². The number of carbonyl (C=O) groups excluding carboxylic acids is 3. The van der Waals surface area contributed by atoms with Crippen molar-refractivity contribution in [3.63, 3.8) is 0 Å². The largest absolute Gasteiger partial charge is 0.406 e. The number of hydrogen-bond acceptors (Lipinski definition) is 4. The Balaban J connectivity index is 1.59. The third-order valence-electron chi connectivity index (χ3n) is 4.50. The Morgan fingerprint density at radius 1 is 1.04 bits per heavy atom. The second-order valence-corrected chi connectivity index (χ2v) is 6.83. The average molecular weight is 406 g/mol. The number of hydrogen-bond donors (Lipinski definition) is 1. The number of piperazine rings is 1. The Hall–Kier alpha value is -2.33. The van der Waals surface area contributed by atoms with Crippen LogP contribution >= 0.6 is 11.6 Å². The second-order valence-electron chi connectivity index (χ2n) is 6.40. The summed E-state index contributed by atoms with van der Waals surface area (Å²) in [5.74, 6) is -2.65. The zero-order valence-electron chi connectivity index (χ0n) is 14.1. The SMILES string of the molecule is O=C1C(=O)N(CC(F)(F)F)C(=O)N1C[NH+]1CCN(c2cccc(Cl)c2)CC1. The molecule has 0 atom stereocenters. The molecule has 0 spiro atoms. The number of benzene rings is 1. The molecule has 3 rings (SSSR count). The fraction of sp³-hybridized carbons (Fsp3) is 0.438. The van der Waals surface area contributed by atoms with E-state index in [-0.39, 0.29) is 11.6 Å². The highest BCUT2D eigenvalue weighted by molar-refractivity contribution is 6.44. The van der Waals surface area contributed by atoms with E-state index in [1.54, 1.807) is 6.07 Å². The predicted octanol–water partition coefficient (Wildman–Crippen LogP) is 0.356. The molecule has 2 aliphatic rings. The van der Waals surface area contributed by atoms with Crippen LogP contribution in [0.15, 0.2) is 24.3 Å². The molecule has 1 aromatic carbocycles. The lowest BCUT2D eigenvalue weighted by molar-refractivity contribution is -0.907. The van der Waals surface area contributed by atoms with E-state index in [0.717, 1.165) is 10.6 Å². The summed E-state index contributed by atoms with van der Waals surface area (Å²) in [6, 6.07) is 6.12. The number of anilines is 1. The first-order valence-electron chi connectivity index (χ1n) is 8.24. The van der Waals surface area contributed by atoms with Gasteiger partial charge in [0.2, 0.25) is 0 Å². The van der Waals surface area contributed by atoms with E-state index < -0.39 is 30.6 Å². The van der Waals surface area contributed by atoms with Crippen molar-refractivity contribution in [3.8, 4) is 0 Å². The molecule has 2 heterocycles. The van der Waals surface area contributed by atoms with Crippen molar-refractivity contribution in [3.05, 3.63) is 29.3 Å². The summed E-state index contributed by atoms with van der Waals surface area (Å²) in [5, 5.41) is 0.610. The van der Waals surface area contributed by atoms with Gasteiger partial charge >= 0.3 is 24.0 Å². The highest BCUT2D eigenvalue weighted by Gasteiger charge is 2.50. The van der Waals surface area contributed by atoms with Crippen molar-refractivity contribution in [1.82, 2.24) is 9.80 Å². The lowest BCUT2D eigenvalue weighted by Crippen LogP contribution is -3.16. The summed E-state index contributed by atoms with van der Waals surface area (Å²) < 4.78 is 37.5. The normalized spacial score (nSPS) is 19.4. The number of urea groups is 1. The van der Waals surface area contributed by atoms with Crippen molar-refractivity contribution in [2.45, 2.75) is 6.18 Å². The van der Waals surface area contributed by atoms with Crippen LogP contribution in [0.2, 0.25) is 5.02 Å². The Labute approximate surface area is 157 Å². The summed E-state index contributed by atoms with van der Waals surface area (Å²) in [5.41, 5.74) is 0.946. The maximum absolute atomic E-state index is 12.5. The van der Waals surface area contributed by atoms with Gasteiger partial charge in [-0.2, -0.15) is 13.2 Å². The van der Waals surface area contributed by atoms with Crippen LogP contribution < -0.4 is 9.80 Å². The Morgan fingerprint density at radius 3 is 2.26 bits per heavy atom. The van der Waals surface area contributed by atoms with Crippen molar-refractivity contribution in [2.24, 2.45) is 0 Å². The van der Waals surface area contributed by atoms with Crippen LogP contribution in [-0.2, 0) is 9.59 Å². The number of nitrogens with one attached hydrogen (secondary N) is 1. The highest BCUT2D eigenvalue weighted by Crippen LogP contribution is 2.21. The van der Waals surface area contributed by atoms with Gasteiger partial charge in [0.15, 0.2) is 6.67 Å². The van der Waals surface area contributed by atoms with Crippen LogP contribution in [0.5, 0.6) is 0 Å². The molecule has 0 aliphatic carbocycles. The average Bonchev–Trinajstić information content (AvgIpc) is 2.79. The first-order chi connectivity index (χ1) is 12.7. The minimum atomic E-state index is -4.75. The standard InChI is InChI=1S/C16H16ClF3N4O3/c17-11-2-1-3-12(8-11)22-6-4-21(5-7-22)10-24-14(26)13(25)23(15(24)27)9-16(18,19)20/h1-3,8H,4-7,9-10H2/p+1. The maximum Gasteiger partial charge on any atom is 0.406 e. The Morgan fingerprint density at radius 2 is 1.67 bits per heavy atom. The Bertz CT molecular complexity index is 766. The van der Waals surface area contributed by atoms with E-state index in [1.807, 2.05) is 18.2 Å². The third-order valence-corrected chi connectivity index (χ3v) is 4.73. The number of halogens is 4. The molecule has 0 saturated carbocycles. The van der Waals surface area contributed by atoms with Crippen LogP contribution in [0.3, 0.4) is 0 Å². The van der Waals surface area contributed by atoms with Gasteiger partial charge in [0, 0.05) is 10.7 Å². The first kappa shape index (κ1) is 19.4. The molecule has 2 saturated heterocycles. The zero-order valence-corrected chi connectivity index (χ0v) is 14.9. The fourth-order valence-corrected chi connectivity index (χ4v) is 3.33. The molecule has 4 amide bonds. The number of rotatable bonds is 4. The third kappa shape index (κ3) is 4.33. The van der Waals surface area contributed by atoms with Crippen molar-refractivity contribution in [2.75, 3.05) is 44.3 Å². The summed E-state index contributed by atoms with van der Waals surface area (Å²) >= 11 is 5.98. The van der Waals surface area contributed by atoms with Crippen LogP contribution in [0.25, 0.3) is 0 Å². The van der Waals surface area contributed by atoms with E-state index >= 15 is 0 Å². The molecule has 0 bridgehead atoms. The molecule has 2 aliphatic heterocycles. The molecule has 1 aromatic rings. The van der Waals surface area contributed by atoms with Crippen LogP contribution in [-0.4, -0.2) is 73.2 Å². The summed E-state index contributed by atoms with van der Waals surface area (Å²) in [4.78, 5) is 39.2. The van der Waals surface area contributed by atoms with Crippen molar-refractivity contribution >= 4 is 35.1 Å². The van der Waals surface area contributed by atoms with Crippen molar-refractivity contribution < 1.29 is 32.5 Å². The molecule has 11 heteroatoms. The number of imide groups is 2. The minimum absolute atomic E-state index is 0.0516. The molecule has 27 heavy (non-hydrogen) atoms. The number of quaternary nitrogens is 1. The van der Waals surface area contributed by atoms with Gasteiger partial charge in [0.25, 0.3) is 0 Å². The molecule has 146 valence electrons.